The smallest absolute Gasteiger partial charge is 0.198 e. The molecule has 0 radical (unpaired) electrons. The molecule has 2 aliphatic carbocycles. The van der Waals surface area contributed by atoms with Crippen LogP contribution in [0.2, 0.25) is 0 Å². The molecule has 0 N–H and O–H groups in total. The summed E-state index contributed by atoms with van der Waals surface area (Å²) < 4.78 is 0. The van der Waals surface area contributed by atoms with Crippen LogP contribution in [-0.4, -0.2) is 20.7 Å². The van der Waals surface area contributed by atoms with Crippen molar-refractivity contribution in [2.75, 3.05) is 0 Å². The average molecular weight is 404 g/mol. The molecule has 0 aliphatic heterocycles. The van der Waals surface area contributed by atoms with E-state index in [0.29, 0.717) is 11.4 Å². The van der Waals surface area contributed by atoms with E-state index in [9.17, 15) is 10.1 Å². The van der Waals surface area contributed by atoms with Gasteiger partial charge in [-0.15, -0.1) is 0 Å². The van der Waals surface area contributed by atoms with Crippen LogP contribution >= 0.6 is 0 Å². The van der Waals surface area contributed by atoms with E-state index in [1.807, 2.05) is 37.3 Å². The van der Waals surface area contributed by atoms with Crippen LogP contribution in [0.5, 0.6) is 0 Å². The van der Waals surface area contributed by atoms with Crippen molar-refractivity contribution in [1.82, 2.24) is 15.0 Å². The number of pyridine rings is 1. The molecule has 0 saturated heterocycles. The number of rotatable bonds is 2. The highest BCUT2D eigenvalue weighted by Crippen LogP contribution is 2.48. The van der Waals surface area contributed by atoms with E-state index in [1.54, 1.807) is 18.5 Å². The minimum Gasteiger partial charge on any atom is -0.288 e. The van der Waals surface area contributed by atoms with Gasteiger partial charge in [-0.2, -0.15) is 5.26 Å². The van der Waals surface area contributed by atoms with Gasteiger partial charge < -0.3 is 0 Å². The third-order valence-corrected chi connectivity index (χ3v) is 6.33. The second-order valence-corrected chi connectivity index (χ2v) is 8.13. The number of aromatic nitrogens is 3. The summed E-state index contributed by atoms with van der Waals surface area (Å²) in [5.41, 5.74) is 6.02. The fourth-order valence-corrected chi connectivity index (χ4v) is 4.78. The van der Waals surface area contributed by atoms with E-state index >= 15 is 0 Å². The molecule has 3 aromatic rings. The standard InChI is InChI=1S/C26H20N4O/c1-16-21-9-8-20-22(17-6-4-3-5-7-17)29-25(18-10-12-28-13-11-18)30-24(20)26(21,2)14-19(15-27)23(16)31/h3-7,10-14H,8-9H2,1-2H3/t26-/m1/s1. The largest absolute Gasteiger partial charge is 0.288 e. The third kappa shape index (κ3) is 2.91. The molecule has 5 rings (SSSR count). The number of nitrogens with zero attached hydrogens (tertiary/aromatic N) is 4. The highest BCUT2D eigenvalue weighted by Gasteiger charge is 2.43. The maximum Gasteiger partial charge on any atom is 0.198 e. The molecule has 5 heteroatoms. The minimum atomic E-state index is -0.620. The Kier molecular flexibility index (Phi) is 4.37. The summed E-state index contributed by atoms with van der Waals surface area (Å²) >= 11 is 0. The Balaban J connectivity index is 1.84. The number of nitriles is 1. The summed E-state index contributed by atoms with van der Waals surface area (Å²) in [6.07, 6.45) is 6.75. The van der Waals surface area contributed by atoms with Crippen LogP contribution in [0.4, 0.5) is 0 Å². The second-order valence-electron chi connectivity index (χ2n) is 8.13. The van der Waals surface area contributed by atoms with Crippen molar-refractivity contribution in [3.05, 3.63) is 88.9 Å². The van der Waals surface area contributed by atoms with Crippen molar-refractivity contribution in [1.29, 1.82) is 5.26 Å². The van der Waals surface area contributed by atoms with Crippen molar-refractivity contribution >= 4 is 5.78 Å². The van der Waals surface area contributed by atoms with Crippen LogP contribution in [0.1, 0.15) is 31.5 Å². The number of carbonyl (C=O) groups is 1. The minimum absolute atomic E-state index is 0.176. The van der Waals surface area contributed by atoms with Gasteiger partial charge in [0.05, 0.1) is 22.4 Å². The fraction of sp³-hybridized carbons (Fsp3) is 0.192. The molecule has 2 heterocycles. The first-order valence-corrected chi connectivity index (χ1v) is 10.3. The normalized spacial score (nSPS) is 19.9. The predicted molar refractivity (Wildman–Crippen MR) is 118 cm³/mol. The summed E-state index contributed by atoms with van der Waals surface area (Å²) in [7, 11) is 0. The maximum absolute atomic E-state index is 12.7. The van der Waals surface area contributed by atoms with Crippen molar-refractivity contribution in [3.8, 4) is 28.7 Å². The fourth-order valence-electron chi connectivity index (χ4n) is 4.78. The molecule has 0 amide bonds. The molecule has 2 aromatic heterocycles. The van der Waals surface area contributed by atoms with E-state index in [1.165, 1.54) is 0 Å². The Morgan fingerprint density at radius 2 is 1.74 bits per heavy atom. The van der Waals surface area contributed by atoms with Crippen LogP contribution in [0.15, 0.2) is 77.7 Å². The van der Waals surface area contributed by atoms with Crippen molar-refractivity contribution in [2.45, 2.75) is 32.1 Å². The van der Waals surface area contributed by atoms with Crippen LogP contribution < -0.4 is 0 Å². The number of carbonyl (C=O) groups excluding carboxylic acids is 1. The summed E-state index contributed by atoms with van der Waals surface area (Å²) in [6, 6.07) is 16.0. The van der Waals surface area contributed by atoms with Gasteiger partial charge in [0.2, 0.25) is 0 Å². The van der Waals surface area contributed by atoms with Crippen LogP contribution in [-0.2, 0) is 16.6 Å². The number of hydrogen-bond donors (Lipinski definition) is 0. The quantitative estimate of drug-likeness (QED) is 0.615. The molecule has 0 unspecified atom stereocenters. The van der Waals surface area contributed by atoms with E-state index in [0.717, 1.165) is 46.5 Å². The zero-order valence-corrected chi connectivity index (χ0v) is 17.4. The third-order valence-electron chi connectivity index (χ3n) is 6.33. The van der Waals surface area contributed by atoms with Crippen molar-refractivity contribution < 1.29 is 4.79 Å². The van der Waals surface area contributed by atoms with Gasteiger partial charge in [0.25, 0.3) is 0 Å². The molecule has 0 spiro atoms. The predicted octanol–water partition coefficient (Wildman–Crippen LogP) is 4.76. The summed E-state index contributed by atoms with van der Waals surface area (Å²) in [5.74, 6) is 0.439. The van der Waals surface area contributed by atoms with Gasteiger partial charge in [-0.3, -0.25) is 9.78 Å². The number of fused-ring (bicyclic) bond motifs is 3. The van der Waals surface area contributed by atoms with Gasteiger partial charge in [-0.05, 0) is 56.0 Å². The van der Waals surface area contributed by atoms with Gasteiger partial charge in [0.15, 0.2) is 11.6 Å². The average Bonchev–Trinajstić information content (AvgIpc) is 2.82. The highest BCUT2D eigenvalue weighted by atomic mass is 16.1. The Hall–Kier alpha value is -3.91. The Bertz CT molecular complexity index is 1320. The van der Waals surface area contributed by atoms with E-state index in [2.05, 4.69) is 30.1 Å². The maximum atomic E-state index is 12.7. The topological polar surface area (TPSA) is 79.5 Å². The van der Waals surface area contributed by atoms with Crippen molar-refractivity contribution in [3.63, 3.8) is 0 Å². The molecule has 2 aliphatic rings. The molecular weight excluding hydrogens is 384 g/mol. The Labute approximate surface area is 180 Å². The van der Waals surface area contributed by atoms with Gasteiger partial charge in [-0.25, -0.2) is 9.97 Å². The first-order chi connectivity index (χ1) is 15.0. The van der Waals surface area contributed by atoms with Gasteiger partial charge in [0, 0.05) is 29.1 Å². The molecule has 150 valence electrons. The van der Waals surface area contributed by atoms with Gasteiger partial charge in [-0.1, -0.05) is 30.3 Å². The zero-order chi connectivity index (χ0) is 21.6. The SMILES string of the molecule is CC1=C2CCc3c(-c4ccccc4)nc(-c4ccncc4)nc3[C@]2(C)C=C(C#N)C1=O. The van der Waals surface area contributed by atoms with Gasteiger partial charge in [0.1, 0.15) is 6.07 Å². The monoisotopic (exact) mass is 404 g/mol. The summed E-state index contributed by atoms with van der Waals surface area (Å²) in [6.45, 7) is 3.89. The lowest BCUT2D eigenvalue weighted by Gasteiger charge is -2.39. The number of Topliss-reactive ketones (excluding diaryl/α,β-unsaturated/α-hetero) is 1. The molecule has 5 nitrogen and oxygen atoms in total. The van der Waals surface area contributed by atoms with Crippen LogP contribution in [0.3, 0.4) is 0 Å². The zero-order valence-electron chi connectivity index (χ0n) is 17.4. The Morgan fingerprint density at radius 3 is 2.45 bits per heavy atom. The number of hydrogen-bond acceptors (Lipinski definition) is 5. The summed E-state index contributed by atoms with van der Waals surface area (Å²) in [5, 5.41) is 9.60. The molecular formula is C26H20N4O. The molecule has 31 heavy (non-hydrogen) atoms. The number of ketones is 1. The second kappa shape index (κ2) is 7.10. The van der Waals surface area contributed by atoms with Crippen LogP contribution in [0, 0.1) is 11.3 Å². The summed E-state index contributed by atoms with van der Waals surface area (Å²) in [4.78, 5) is 26.7. The van der Waals surface area contributed by atoms with E-state index in [4.69, 9.17) is 9.97 Å². The van der Waals surface area contributed by atoms with E-state index in [-0.39, 0.29) is 11.4 Å². The Morgan fingerprint density at radius 1 is 1.00 bits per heavy atom. The lowest BCUT2D eigenvalue weighted by molar-refractivity contribution is -0.112. The van der Waals surface area contributed by atoms with Crippen molar-refractivity contribution in [2.24, 2.45) is 0 Å². The lowest BCUT2D eigenvalue weighted by atomic mass is 9.64. The number of benzene rings is 1. The van der Waals surface area contributed by atoms with Crippen LogP contribution in [0.25, 0.3) is 22.6 Å². The first-order valence-electron chi connectivity index (χ1n) is 10.3. The molecule has 1 atom stereocenters. The molecule has 0 saturated carbocycles. The molecule has 1 aromatic carbocycles. The molecule has 0 bridgehead atoms. The van der Waals surface area contributed by atoms with Gasteiger partial charge >= 0.3 is 0 Å². The molecule has 0 fully saturated rings. The first kappa shape index (κ1) is 19.1. The highest BCUT2D eigenvalue weighted by molar-refractivity contribution is 6.12. The van der Waals surface area contributed by atoms with E-state index < -0.39 is 5.41 Å². The lowest BCUT2D eigenvalue weighted by Crippen LogP contribution is -2.36. The number of allylic oxidation sites excluding steroid dienone is 4.